The molecule has 130 valence electrons. The van der Waals surface area contributed by atoms with Gasteiger partial charge in [-0.15, -0.1) is 0 Å². The SMILES string of the molecule is FC(F)(F)c1ccccc1CN1CCN(CCn2nccn2)CC1. The Morgan fingerprint density at radius 1 is 0.875 bits per heavy atom. The topological polar surface area (TPSA) is 37.2 Å². The van der Waals surface area contributed by atoms with Crippen molar-refractivity contribution < 1.29 is 13.2 Å². The maximum absolute atomic E-state index is 13.1. The monoisotopic (exact) mass is 339 g/mol. The molecule has 1 aromatic carbocycles. The predicted octanol–water partition coefficient (Wildman–Crippen LogP) is 2.11. The molecule has 0 spiro atoms. The zero-order valence-electron chi connectivity index (χ0n) is 13.3. The number of rotatable bonds is 5. The van der Waals surface area contributed by atoms with Crippen molar-refractivity contribution in [1.29, 1.82) is 0 Å². The van der Waals surface area contributed by atoms with Gasteiger partial charge in [0.1, 0.15) is 0 Å². The van der Waals surface area contributed by atoms with Gasteiger partial charge in [-0.2, -0.15) is 28.2 Å². The lowest BCUT2D eigenvalue weighted by Gasteiger charge is -2.35. The second kappa shape index (κ2) is 7.31. The van der Waals surface area contributed by atoms with E-state index in [0.717, 1.165) is 45.3 Å². The Balaban J connectivity index is 1.51. The molecular formula is C16H20F3N5. The summed E-state index contributed by atoms with van der Waals surface area (Å²) in [5.41, 5.74) is -0.184. The first-order valence-corrected chi connectivity index (χ1v) is 7.96. The summed E-state index contributed by atoms with van der Waals surface area (Å²) in [6.45, 7) is 5.12. The van der Waals surface area contributed by atoms with Gasteiger partial charge in [0.25, 0.3) is 0 Å². The predicted molar refractivity (Wildman–Crippen MR) is 83.2 cm³/mol. The summed E-state index contributed by atoms with van der Waals surface area (Å²) < 4.78 is 39.2. The molecule has 0 aliphatic carbocycles. The molecular weight excluding hydrogens is 319 g/mol. The van der Waals surface area contributed by atoms with Crippen LogP contribution >= 0.6 is 0 Å². The first-order valence-electron chi connectivity index (χ1n) is 7.96. The van der Waals surface area contributed by atoms with E-state index < -0.39 is 11.7 Å². The lowest BCUT2D eigenvalue weighted by atomic mass is 10.1. The van der Waals surface area contributed by atoms with Crippen LogP contribution in [-0.4, -0.2) is 57.5 Å². The van der Waals surface area contributed by atoms with Crippen LogP contribution < -0.4 is 0 Å². The van der Waals surface area contributed by atoms with Gasteiger partial charge in [0, 0.05) is 39.3 Å². The Morgan fingerprint density at radius 3 is 2.17 bits per heavy atom. The Labute approximate surface area is 138 Å². The van der Waals surface area contributed by atoms with Crippen molar-refractivity contribution in [2.24, 2.45) is 0 Å². The van der Waals surface area contributed by atoms with Gasteiger partial charge in [0.05, 0.1) is 24.5 Å². The fourth-order valence-corrected chi connectivity index (χ4v) is 2.94. The molecule has 1 saturated heterocycles. The summed E-state index contributed by atoms with van der Waals surface area (Å²) in [5, 5.41) is 8.13. The summed E-state index contributed by atoms with van der Waals surface area (Å²) in [5.74, 6) is 0. The molecule has 1 aliphatic rings. The third-order valence-electron chi connectivity index (χ3n) is 4.26. The van der Waals surface area contributed by atoms with E-state index in [0.29, 0.717) is 12.1 Å². The van der Waals surface area contributed by atoms with Crippen molar-refractivity contribution in [3.05, 3.63) is 47.8 Å². The highest BCUT2D eigenvalue weighted by Gasteiger charge is 2.33. The first kappa shape index (κ1) is 16.9. The van der Waals surface area contributed by atoms with E-state index in [1.165, 1.54) is 6.07 Å². The molecule has 0 saturated carbocycles. The molecule has 0 N–H and O–H groups in total. The van der Waals surface area contributed by atoms with Crippen molar-refractivity contribution >= 4 is 0 Å². The van der Waals surface area contributed by atoms with E-state index >= 15 is 0 Å². The van der Waals surface area contributed by atoms with Crippen molar-refractivity contribution in [3.8, 4) is 0 Å². The fraction of sp³-hybridized carbons (Fsp3) is 0.500. The molecule has 8 heteroatoms. The third-order valence-corrected chi connectivity index (χ3v) is 4.26. The molecule has 0 atom stereocenters. The van der Waals surface area contributed by atoms with Crippen LogP contribution in [0.5, 0.6) is 0 Å². The highest BCUT2D eigenvalue weighted by molar-refractivity contribution is 5.29. The summed E-state index contributed by atoms with van der Waals surface area (Å²) in [7, 11) is 0. The molecule has 0 radical (unpaired) electrons. The maximum Gasteiger partial charge on any atom is 0.416 e. The number of hydrogen-bond acceptors (Lipinski definition) is 4. The van der Waals surface area contributed by atoms with Crippen molar-refractivity contribution in [1.82, 2.24) is 24.8 Å². The molecule has 5 nitrogen and oxygen atoms in total. The fourth-order valence-electron chi connectivity index (χ4n) is 2.94. The lowest BCUT2D eigenvalue weighted by molar-refractivity contribution is -0.138. The standard InChI is InChI=1S/C16H20F3N5/c17-16(18,19)15-4-2-1-3-14(15)13-23-9-7-22(8-10-23)11-12-24-20-5-6-21-24/h1-6H,7-13H2. The van der Waals surface area contributed by atoms with Crippen molar-refractivity contribution in [2.75, 3.05) is 32.7 Å². The van der Waals surface area contributed by atoms with Crippen LogP contribution in [0.25, 0.3) is 0 Å². The van der Waals surface area contributed by atoms with Gasteiger partial charge in [-0.1, -0.05) is 18.2 Å². The van der Waals surface area contributed by atoms with Crippen LogP contribution in [0, 0.1) is 0 Å². The van der Waals surface area contributed by atoms with E-state index in [-0.39, 0.29) is 0 Å². The Hall–Kier alpha value is -1.93. The van der Waals surface area contributed by atoms with Crippen LogP contribution in [0.3, 0.4) is 0 Å². The average Bonchev–Trinajstić information content (AvgIpc) is 3.07. The van der Waals surface area contributed by atoms with E-state index in [4.69, 9.17) is 0 Å². The Morgan fingerprint density at radius 2 is 1.50 bits per heavy atom. The second-order valence-electron chi connectivity index (χ2n) is 5.90. The number of benzene rings is 1. The number of aromatic nitrogens is 3. The highest BCUT2D eigenvalue weighted by atomic mass is 19.4. The largest absolute Gasteiger partial charge is 0.416 e. The van der Waals surface area contributed by atoms with E-state index in [9.17, 15) is 13.2 Å². The minimum Gasteiger partial charge on any atom is -0.299 e. The summed E-state index contributed by atoms with van der Waals surface area (Å²) in [6, 6.07) is 5.83. The van der Waals surface area contributed by atoms with Crippen LogP contribution in [0.2, 0.25) is 0 Å². The second-order valence-corrected chi connectivity index (χ2v) is 5.90. The van der Waals surface area contributed by atoms with Crippen LogP contribution in [0.4, 0.5) is 13.2 Å². The van der Waals surface area contributed by atoms with Gasteiger partial charge in [-0.05, 0) is 11.6 Å². The average molecular weight is 339 g/mol. The highest BCUT2D eigenvalue weighted by Crippen LogP contribution is 2.32. The molecule has 24 heavy (non-hydrogen) atoms. The lowest BCUT2D eigenvalue weighted by Crippen LogP contribution is -2.46. The minimum absolute atomic E-state index is 0.338. The number of halogens is 3. The molecule has 2 heterocycles. The summed E-state index contributed by atoms with van der Waals surface area (Å²) in [4.78, 5) is 6.01. The van der Waals surface area contributed by atoms with E-state index in [2.05, 4.69) is 20.0 Å². The van der Waals surface area contributed by atoms with Gasteiger partial charge in [-0.3, -0.25) is 9.80 Å². The van der Waals surface area contributed by atoms with Crippen molar-refractivity contribution in [2.45, 2.75) is 19.3 Å². The van der Waals surface area contributed by atoms with Crippen molar-refractivity contribution in [3.63, 3.8) is 0 Å². The van der Waals surface area contributed by atoms with E-state index in [1.54, 1.807) is 29.3 Å². The minimum atomic E-state index is -4.30. The number of alkyl halides is 3. The number of piperazine rings is 1. The zero-order valence-corrected chi connectivity index (χ0v) is 13.3. The Kier molecular flexibility index (Phi) is 5.15. The molecule has 1 fully saturated rings. The third kappa shape index (κ3) is 4.33. The number of nitrogens with zero attached hydrogens (tertiary/aromatic N) is 5. The van der Waals surface area contributed by atoms with Gasteiger partial charge in [-0.25, -0.2) is 0 Å². The first-order chi connectivity index (χ1) is 11.5. The normalized spacial score (nSPS) is 17.3. The quantitative estimate of drug-likeness (QED) is 0.836. The molecule has 1 aliphatic heterocycles. The van der Waals surface area contributed by atoms with Crippen LogP contribution in [-0.2, 0) is 19.3 Å². The number of hydrogen-bond donors (Lipinski definition) is 0. The van der Waals surface area contributed by atoms with Crippen LogP contribution in [0.1, 0.15) is 11.1 Å². The summed E-state index contributed by atoms with van der Waals surface area (Å²) in [6.07, 6.45) is -0.999. The molecule has 0 unspecified atom stereocenters. The van der Waals surface area contributed by atoms with Gasteiger partial charge in [0.15, 0.2) is 0 Å². The van der Waals surface area contributed by atoms with Gasteiger partial charge >= 0.3 is 6.18 Å². The van der Waals surface area contributed by atoms with Gasteiger partial charge in [0.2, 0.25) is 0 Å². The molecule has 3 rings (SSSR count). The van der Waals surface area contributed by atoms with Gasteiger partial charge < -0.3 is 0 Å². The molecule has 0 bridgehead atoms. The zero-order chi connectivity index (χ0) is 17.0. The molecule has 1 aromatic heterocycles. The Bertz CT molecular complexity index is 633. The summed E-state index contributed by atoms with van der Waals surface area (Å²) >= 11 is 0. The smallest absolute Gasteiger partial charge is 0.299 e. The molecule has 0 amide bonds. The van der Waals surface area contributed by atoms with E-state index in [1.807, 2.05) is 0 Å². The molecule has 2 aromatic rings. The maximum atomic E-state index is 13.1. The van der Waals surface area contributed by atoms with Crippen LogP contribution in [0.15, 0.2) is 36.7 Å².